The summed E-state index contributed by atoms with van der Waals surface area (Å²) < 4.78 is 0. The van der Waals surface area contributed by atoms with Crippen molar-refractivity contribution >= 4 is 5.57 Å². The Morgan fingerprint density at radius 2 is 1.44 bits per heavy atom. The average Bonchev–Trinajstić information content (AvgIpc) is 3.01. The zero-order valence-electron chi connectivity index (χ0n) is 11.7. The molecule has 0 spiro atoms. The Bertz CT molecular complexity index is 598. The van der Waals surface area contributed by atoms with E-state index in [-0.39, 0.29) is 0 Å². The second-order valence-electron chi connectivity index (χ2n) is 5.51. The van der Waals surface area contributed by atoms with E-state index in [1.54, 1.807) is 5.56 Å². The number of hydrogen-bond donors (Lipinski definition) is 0. The minimum atomic E-state index is 0.492. The van der Waals surface area contributed by atoms with Crippen LogP contribution in [0.4, 0.5) is 0 Å². The molecule has 0 radical (unpaired) electrons. The van der Waals surface area contributed by atoms with Crippen LogP contribution in [-0.4, -0.2) is 0 Å². The Hall–Kier alpha value is -1.56. The maximum Gasteiger partial charge on any atom is 0.0207 e. The van der Waals surface area contributed by atoms with Crippen molar-refractivity contribution in [2.24, 2.45) is 5.92 Å². The number of allylic oxidation sites excluding steroid dienone is 6. The third-order valence-corrected chi connectivity index (χ3v) is 4.74. The minimum Gasteiger partial charge on any atom is -0.0753 e. The summed E-state index contributed by atoms with van der Waals surface area (Å²) in [6, 6.07) is 0. The number of fused-ring (bicyclic) bond motifs is 1. The van der Waals surface area contributed by atoms with Gasteiger partial charge < -0.3 is 0 Å². The van der Waals surface area contributed by atoms with Gasteiger partial charge in [-0.15, -0.1) is 0 Å². The standard InChI is InChI=1S/C18H20/c1-11-12(2)14(4)18-16(13(11)3)9-10-17(18)15-7-5-6-8-15/h5-8,10,15H,9H2,1-4H3. The van der Waals surface area contributed by atoms with Crippen LogP contribution in [0, 0.1) is 33.6 Å². The van der Waals surface area contributed by atoms with Crippen molar-refractivity contribution in [2.75, 3.05) is 0 Å². The SMILES string of the molecule is Cc1c(C)c(C)c2c(c1C)CC=C2C1C=CC=C1. The summed E-state index contributed by atoms with van der Waals surface area (Å²) in [5, 5.41) is 0. The fourth-order valence-electron chi connectivity index (χ4n) is 3.29. The summed E-state index contributed by atoms with van der Waals surface area (Å²) >= 11 is 0. The van der Waals surface area contributed by atoms with Gasteiger partial charge in [-0.05, 0) is 73.1 Å². The van der Waals surface area contributed by atoms with Crippen molar-refractivity contribution in [3.05, 3.63) is 63.8 Å². The Balaban J connectivity index is 2.20. The second kappa shape index (κ2) is 3.98. The maximum absolute atomic E-state index is 2.42. The normalized spacial score (nSPS) is 17.4. The van der Waals surface area contributed by atoms with E-state index >= 15 is 0 Å². The van der Waals surface area contributed by atoms with Crippen LogP contribution >= 0.6 is 0 Å². The Morgan fingerprint density at radius 1 is 0.833 bits per heavy atom. The lowest BCUT2D eigenvalue weighted by Gasteiger charge is -2.19. The van der Waals surface area contributed by atoms with E-state index in [1.165, 1.54) is 33.4 Å². The van der Waals surface area contributed by atoms with Gasteiger partial charge in [0.05, 0.1) is 0 Å². The van der Waals surface area contributed by atoms with Gasteiger partial charge in [-0.1, -0.05) is 30.4 Å². The van der Waals surface area contributed by atoms with Gasteiger partial charge in [0, 0.05) is 5.92 Å². The molecule has 0 unspecified atom stereocenters. The molecular formula is C18H20. The van der Waals surface area contributed by atoms with Gasteiger partial charge >= 0.3 is 0 Å². The molecule has 0 heterocycles. The predicted molar refractivity (Wildman–Crippen MR) is 78.8 cm³/mol. The van der Waals surface area contributed by atoms with Crippen molar-refractivity contribution in [1.29, 1.82) is 0 Å². The molecule has 18 heavy (non-hydrogen) atoms. The highest BCUT2D eigenvalue weighted by molar-refractivity contribution is 5.81. The van der Waals surface area contributed by atoms with E-state index in [1.807, 2.05) is 0 Å². The van der Waals surface area contributed by atoms with Crippen LogP contribution < -0.4 is 0 Å². The van der Waals surface area contributed by atoms with Gasteiger partial charge in [-0.25, -0.2) is 0 Å². The Kier molecular flexibility index (Phi) is 2.55. The third kappa shape index (κ3) is 1.45. The maximum atomic E-state index is 2.42. The fourth-order valence-corrected chi connectivity index (χ4v) is 3.29. The molecule has 0 heteroatoms. The van der Waals surface area contributed by atoms with E-state index in [2.05, 4.69) is 58.1 Å². The lowest BCUT2D eigenvalue weighted by Crippen LogP contribution is -2.03. The van der Waals surface area contributed by atoms with Gasteiger partial charge in [-0.3, -0.25) is 0 Å². The molecule has 3 rings (SSSR count). The van der Waals surface area contributed by atoms with E-state index < -0.39 is 0 Å². The van der Waals surface area contributed by atoms with Gasteiger partial charge in [0.2, 0.25) is 0 Å². The van der Waals surface area contributed by atoms with Crippen LogP contribution in [-0.2, 0) is 6.42 Å². The summed E-state index contributed by atoms with van der Waals surface area (Å²) in [4.78, 5) is 0. The highest BCUT2D eigenvalue weighted by Gasteiger charge is 2.25. The average molecular weight is 236 g/mol. The first kappa shape index (κ1) is 11.5. The van der Waals surface area contributed by atoms with E-state index in [0.29, 0.717) is 5.92 Å². The molecule has 0 saturated carbocycles. The topological polar surface area (TPSA) is 0 Å². The van der Waals surface area contributed by atoms with Crippen molar-refractivity contribution in [1.82, 2.24) is 0 Å². The zero-order valence-corrected chi connectivity index (χ0v) is 11.7. The van der Waals surface area contributed by atoms with Crippen LogP contribution in [0.15, 0.2) is 30.4 Å². The van der Waals surface area contributed by atoms with Gasteiger partial charge in [-0.2, -0.15) is 0 Å². The molecule has 0 nitrogen and oxygen atoms in total. The molecule has 2 aliphatic carbocycles. The number of hydrogen-bond acceptors (Lipinski definition) is 0. The predicted octanol–water partition coefficient (Wildman–Crippen LogP) is 4.60. The lowest BCUT2D eigenvalue weighted by atomic mass is 9.85. The first-order chi connectivity index (χ1) is 8.61. The molecule has 0 saturated heterocycles. The summed E-state index contributed by atoms with van der Waals surface area (Å²) in [7, 11) is 0. The van der Waals surface area contributed by atoms with Crippen molar-refractivity contribution in [3.8, 4) is 0 Å². The monoisotopic (exact) mass is 236 g/mol. The molecule has 0 N–H and O–H groups in total. The minimum absolute atomic E-state index is 0.492. The fraction of sp³-hybridized carbons (Fsp3) is 0.333. The van der Waals surface area contributed by atoms with Crippen LogP contribution in [0.5, 0.6) is 0 Å². The number of rotatable bonds is 1. The zero-order chi connectivity index (χ0) is 12.9. The van der Waals surface area contributed by atoms with Crippen molar-refractivity contribution in [2.45, 2.75) is 34.1 Å². The van der Waals surface area contributed by atoms with Crippen LogP contribution in [0.25, 0.3) is 5.57 Å². The van der Waals surface area contributed by atoms with Crippen molar-refractivity contribution in [3.63, 3.8) is 0 Å². The van der Waals surface area contributed by atoms with E-state index in [0.717, 1.165) is 6.42 Å². The summed E-state index contributed by atoms with van der Waals surface area (Å²) in [5.41, 5.74) is 10.5. The highest BCUT2D eigenvalue weighted by atomic mass is 14.3. The summed E-state index contributed by atoms with van der Waals surface area (Å²) in [5.74, 6) is 0.492. The Labute approximate surface area is 110 Å². The molecule has 92 valence electrons. The molecule has 0 bridgehead atoms. The molecule has 1 aromatic rings. The molecule has 0 aliphatic heterocycles. The number of benzene rings is 1. The van der Waals surface area contributed by atoms with E-state index in [9.17, 15) is 0 Å². The van der Waals surface area contributed by atoms with Gasteiger partial charge in [0.1, 0.15) is 0 Å². The second-order valence-corrected chi connectivity index (χ2v) is 5.51. The molecule has 2 aliphatic rings. The lowest BCUT2D eigenvalue weighted by molar-refractivity contribution is 1.10. The Morgan fingerprint density at radius 3 is 2.11 bits per heavy atom. The molecule has 0 amide bonds. The summed E-state index contributed by atoms with van der Waals surface area (Å²) in [6.07, 6.45) is 12.4. The van der Waals surface area contributed by atoms with Crippen LogP contribution in [0.1, 0.15) is 33.4 Å². The van der Waals surface area contributed by atoms with Crippen LogP contribution in [0.3, 0.4) is 0 Å². The molecule has 0 atom stereocenters. The molecule has 0 fully saturated rings. The largest absolute Gasteiger partial charge is 0.0753 e. The molecule has 0 aromatic heterocycles. The smallest absolute Gasteiger partial charge is 0.0207 e. The first-order valence-electron chi connectivity index (χ1n) is 6.76. The van der Waals surface area contributed by atoms with E-state index in [4.69, 9.17) is 0 Å². The third-order valence-electron chi connectivity index (χ3n) is 4.74. The molecule has 1 aromatic carbocycles. The van der Waals surface area contributed by atoms with Crippen molar-refractivity contribution < 1.29 is 0 Å². The summed E-state index contributed by atoms with van der Waals surface area (Å²) in [6.45, 7) is 9.07. The molecular weight excluding hydrogens is 216 g/mol. The van der Waals surface area contributed by atoms with Gasteiger partial charge in [0.25, 0.3) is 0 Å². The quantitative estimate of drug-likeness (QED) is 0.668. The highest BCUT2D eigenvalue weighted by Crippen LogP contribution is 2.41. The van der Waals surface area contributed by atoms with Gasteiger partial charge in [0.15, 0.2) is 0 Å². The first-order valence-corrected chi connectivity index (χ1v) is 6.76. The van der Waals surface area contributed by atoms with Crippen LogP contribution in [0.2, 0.25) is 0 Å².